The Kier molecular flexibility index (Phi) is 6.83. The molecule has 0 aliphatic heterocycles. The highest BCUT2D eigenvalue weighted by Gasteiger charge is 2.20. The number of ether oxygens (including phenoxy) is 1. The van der Waals surface area contributed by atoms with Crippen molar-refractivity contribution in [1.29, 1.82) is 0 Å². The minimum Gasteiger partial charge on any atom is -0.494 e. The molecule has 2 heterocycles. The van der Waals surface area contributed by atoms with Gasteiger partial charge in [-0.1, -0.05) is 6.92 Å². The van der Waals surface area contributed by atoms with Crippen LogP contribution in [0.3, 0.4) is 0 Å². The van der Waals surface area contributed by atoms with E-state index in [1.165, 1.54) is 10.9 Å². The van der Waals surface area contributed by atoms with Crippen LogP contribution in [0.4, 0.5) is 5.69 Å². The summed E-state index contributed by atoms with van der Waals surface area (Å²) in [5.41, 5.74) is 0.845. The van der Waals surface area contributed by atoms with Crippen LogP contribution >= 0.6 is 11.3 Å². The second-order valence-electron chi connectivity index (χ2n) is 6.68. The van der Waals surface area contributed by atoms with Crippen molar-refractivity contribution in [2.75, 3.05) is 18.5 Å². The molecule has 0 fully saturated rings. The number of nitrogens with zero attached hydrogens (tertiary/aromatic N) is 2. The number of nitrogens with one attached hydrogen (secondary N) is 2. The first-order valence-corrected chi connectivity index (χ1v) is 10.6. The smallest absolute Gasteiger partial charge is 0.266 e. The maximum Gasteiger partial charge on any atom is 0.266 e. The molecule has 0 spiro atoms. The summed E-state index contributed by atoms with van der Waals surface area (Å²) in [6.45, 7) is 6.59. The highest BCUT2D eigenvalue weighted by Crippen LogP contribution is 2.28. The number of benzene rings is 1. The molecule has 0 bridgehead atoms. The van der Waals surface area contributed by atoms with Gasteiger partial charge in [0.15, 0.2) is 0 Å². The Hall–Kier alpha value is -3.20. The molecule has 0 unspecified atom stereocenters. The van der Waals surface area contributed by atoms with Crippen LogP contribution in [0.1, 0.15) is 35.5 Å². The van der Waals surface area contributed by atoms with E-state index >= 15 is 0 Å². The molecule has 0 saturated heterocycles. The van der Waals surface area contributed by atoms with E-state index in [0.29, 0.717) is 39.5 Å². The van der Waals surface area contributed by atoms with Crippen LogP contribution in [0, 0.1) is 6.92 Å². The van der Waals surface area contributed by atoms with E-state index in [4.69, 9.17) is 4.74 Å². The Bertz CT molecular complexity index is 1120. The lowest BCUT2D eigenvalue weighted by atomic mass is 10.2. The Morgan fingerprint density at radius 1 is 1.20 bits per heavy atom. The van der Waals surface area contributed by atoms with Gasteiger partial charge in [-0.25, -0.2) is 4.98 Å². The molecule has 0 atom stereocenters. The molecule has 0 saturated carbocycles. The van der Waals surface area contributed by atoms with Gasteiger partial charge in [0, 0.05) is 12.2 Å². The van der Waals surface area contributed by atoms with E-state index in [9.17, 15) is 14.4 Å². The third kappa shape index (κ3) is 4.68. The largest absolute Gasteiger partial charge is 0.494 e. The molecular weight excluding hydrogens is 404 g/mol. The quantitative estimate of drug-likeness (QED) is 0.574. The maximum absolute atomic E-state index is 12.9. The predicted octanol–water partition coefficient (Wildman–Crippen LogP) is 2.94. The summed E-state index contributed by atoms with van der Waals surface area (Å²) in [5, 5.41) is 5.93. The first kappa shape index (κ1) is 21.5. The Morgan fingerprint density at radius 2 is 1.93 bits per heavy atom. The lowest BCUT2D eigenvalue weighted by Gasteiger charge is -2.07. The average molecular weight is 429 g/mol. The normalized spacial score (nSPS) is 10.8. The second kappa shape index (κ2) is 9.53. The maximum atomic E-state index is 12.9. The summed E-state index contributed by atoms with van der Waals surface area (Å²) in [7, 11) is 0. The zero-order valence-corrected chi connectivity index (χ0v) is 18.0. The van der Waals surface area contributed by atoms with Crippen molar-refractivity contribution in [2.45, 2.75) is 33.7 Å². The molecule has 30 heavy (non-hydrogen) atoms. The van der Waals surface area contributed by atoms with Crippen molar-refractivity contribution >= 4 is 39.1 Å². The van der Waals surface area contributed by atoms with Crippen LogP contribution in [0.25, 0.3) is 10.2 Å². The van der Waals surface area contributed by atoms with E-state index in [1.807, 2.05) is 13.8 Å². The number of amides is 2. The summed E-state index contributed by atoms with van der Waals surface area (Å²) in [6.07, 6.45) is 2.16. The monoisotopic (exact) mass is 428 g/mol. The van der Waals surface area contributed by atoms with Crippen LogP contribution in [0.15, 0.2) is 35.4 Å². The summed E-state index contributed by atoms with van der Waals surface area (Å²) < 4.78 is 6.66. The number of fused-ring (bicyclic) bond motifs is 1. The SMILES string of the molecule is CCCNC(=O)Cn1cnc2sc(C(=O)Nc3ccc(OCC)cc3)c(C)c2c1=O. The van der Waals surface area contributed by atoms with Crippen LogP contribution in [0.5, 0.6) is 5.75 Å². The minimum absolute atomic E-state index is 0.106. The predicted molar refractivity (Wildman–Crippen MR) is 117 cm³/mol. The fourth-order valence-corrected chi connectivity index (χ4v) is 3.99. The highest BCUT2D eigenvalue weighted by molar-refractivity contribution is 7.20. The van der Waals surface area contributed by atoms with E-state index in [1.54, 1.807) is 31.2 Å². The van der Waals surface area contributed by atoms with Crippen LogP contribution in [-0.4, -0.2) is 34.5 Å². The van der Waals surface area contributed by atoms with Gasteiger partial charge in [-0.2, -0.15) is 0 Å². The number of aryl methyl sites for hydroxylation is 1. The van der Waals surface area contributed by atoms with Crippen molar-refractivity contribution in [3.8, 4) is 5.75 Å². The van der Waals surface area contributed by atoms with Gasteiger partial charge in [0.2, 0.25) is 5.91 Å². The molecule has 0 aliphatic carbocycles. The number of carbonyl (C=O) groups is 2. The minimum atomic E-state index is -0.333. The lowest BCUT2D eigenvalue weighted by Crippen LogP contribution is -2.32. The van der Waals surface area contributed by atoms with Crippen LogP contribution < -0.4 is 20.9 Å². The van der Waals surface area contributed by atoms with Crippen molar-refractivity contribution in [2.24, 2.45) is 0 Å². The third-order valence-corrected chi connectivity index (χ3v) is 5.63. The molecule has 158 valence electrons. The van der Waals surface area contributed by atoms with Crippen LogP contribution in [-0.2, 0) is 11.3 Å². The van der Waals surface area contributed by atoms with Crippen molar-refractivity contribution in [1.82, 2.24) is 14.9 Å². The number of aromatic nitrogens is 2. The van der Waals surface area contributed by atoms with Crippen LogP contribution in [0.2, 0.25) is 0 Å². The number of rotatable bonds is 8. The number of anilines is 1. The first-order valence-electron chi connectivity index (χ1n) is 9.74. The highest BCUT2D eigenvalue weighted by atomic mass is 32.1. The average Bonchev–Trinajstić information content (AvgIpc) is 3.07. The summed E-state index contributed by atoms with van der Waals surface area (Å²) >= 11 is 1.16. The molecule has 2 amide bonds. The zero-order valence-electron chi connectivity index (χ0n) is 17.2. The molecule has 3 aromatic rings. The van der Waals surface area contributed by atoms with Gasteiger partial charge in [-0.05, 0) is 50.1 Å². The number of hydrogen-bond acceptors (Lipinski definition) is 6. The van der Waals surface area contributed by atoms with Crippen molar-refractivity contribution in [3.05, 3.63) is 51.4 Å². The van der Waals surface area contributed by atoms with Crippen molar-refractivity contribution in [3.63, 3.8) is 0 Å². The Labute approximate surface area is 177 Å². The number of thiophene rings is 1. The number of hydrogen-bond donors (Lipinski definition) is 2. The van der Waals surface area contributed by atoms with Gasteiger partial charge in [-0.15, -0.1) is 11.3 Å². The molecule has 3 rings (SSSR count). The lowest BCUT2D eigenvalue weighted by molar-refractivity contribution is -0.121. The summed E-state index contributed by atoms with van der Waals surface area (Å²) in [5.74, 6) is 0.161. The Morgan fingerprint density at radius 3 is 2.60 bits per heavy atom. The topological polar surface area (TPSA) is 102 Å². The second-order valence-corrected chi connectivity index (χ2v) is 7.67. The molecule has 2 aromatic heterocycles. The van der Waals surface area contributed by atoms with Gasteiger partial charge >= 0.3 is 0 Å². The molecule has 2 N–H and O–H groups in total. The Balaban J connectivity index is 1.83. The fraction of sp³-hybridized carbons (Fsp3) is 0.333. The number of carbonyl (C=O) groups excluding carboxylic acids is 2. The van der Waals surface area contributed by atoms with Gasteiger partial charge in [0.05, 0.1) is 23.2 Å². The molecule has 0 radical (unpaired) electrons. The van der Waals surface area contributed by atoms with Gasteiger partial charge in [-0.3, -0.25) is 19.0 Å². The van der Waals surface area contributed by atoms with Gasteiger partial charge < -0.3 is 15.4 Å². The van der Waals surface area contributed by atoms with Crippen molar-refractivity contribution < 1.29 is 14.3 Å². The molecule has 8 nitrogen and oxygen atoms in total. The fourth-order valence-electron chi connectivity index (χ4n) is 2.95. The molecule has 0 aliphatic rings. The standard InChI is InChI=1S/C21H24N4O4S/c1-4-10-22-16(26)11-25-12-23-20-17(21(25)28)13(3)18(30-20)19(27)24-14-6-8-15(9-7-14)29-5-2/h6-9,12H,4-5,10-11H2,1-3H3,(H,22,26)(H,24,27). The van der Waals surface area contributed by atoms with E-state index < -0.39 is 0 Å². The summed E-state index contributed by atoms with van der Waals surface area (Å²) in [4.78, 5) is 42.8. The van der Waals surface area contributed by atoms with E-state index in [0.717, 1.165) is 23.5 Å². The zero-order chi connectivity index (χ0) is 21.7. The van der Waals surface area contributed by atoms with E-state index in [-0.39, 0.29) is 23.9 Å². The van der Waals surface area contributed by atoms with E-state index in [2.05, 4.69) is 15.6 Å². The third-order valence-electron chi connectivity index (χ3n) is 4.43. The molecule has 1 aromatic carbocycles. The van der Waals surface area contributed by atoms with Gasteiger partial charge in [0.25, 0.3) is 11.5 Å². The molecular formula is C21H24N4O4S. The van der Waals surface area contributed by atoms with Gasteiger partial charge in [0.1, 0.15) is 17.1 Å². The molecule has 9 heteroatoms. The first-order chi connectivity index (χ1) is 14.4. The summed E-state index contributed by atoms with van der Waals surface area (Å²) in [6, 6.07) is 7.07.